The Hall–Kier alpha value is -4.52. The zero-order chi connectivity index (χ0) is 24.7. The van der Waals surface area contributed by atoms with Gasteiger partial charge < -0.3 is 9.88 Å². The number of imidazole rings is 1. The molecule has 0 fully saturated rings. The van der Waals surface area contributed by atoms with Crippen LogP contribution < -0.4 is 10.2 Å². The molecule has 7 heteroatoms. The molecule has 7 nitrogen and oxygen atoms in total. The molecule has 5 rings (SSSR count). The van der Waals surface area contributed by atoms with Gasteiger partial charge in [0.25, 0.3) is 17.7 Å². The summed E-state index contributed by atoms with van der Waals surface area (Å²) in [5, 5.41) is 3.04. The highest BCUT2D eigenvalue weighted by molar-refractivity contribution is 6.35. The van der Waals surface area contributed by atoms with Gasteiger partial charge in [-0.2, -0.15) is 0 Å². The number of amides is 3. The number of aromatic nitrogens is 2. The molecule has 0 saturated carbocycles. The summed E-state index contributed by atoms with van der Waals surface area (Å²) in [5.74, 6) is -0.508. The molecule has 2 heterocycles. The summed E-state index contributed by atoms with van der Waals surface area (Å²) in [4.78, 5) is 45.3. The zero-order valence-electron chi connectivity index (χ0n) is 19.6. The molecule has 4 aromatic rings. The van der Waals surface area contributed by atoms with Crippen molar-refractivity contribution in [1.29, 1.82) is 0 Å². The van der Waals surface area contributed by atoms with Crippen LogP contribution >= 0.6 is 0 Å². The molecule has 1 aliphatic heterocycles. The standard InChI is InChI=1S/C28H24N4O3/c1-17-9-10-18(2)23(15-17)32-27(34)21-12-11-20(16-22(21)28(32)35)26(33)30-24(19-7-5-4-6-8-19)25-29-13-14-31(25)3/h4-16,24H,1-3H3,(H,30,33). The lowest BCUT2D eigenvalue weighted by Gasteiger charge is -2.19. The van der Waals surface area contributed by atoms with Gasteiger partial charge >= 0.3 is 0 Å². The SMILES string of the molecule is Cc1ccc(C)c(N2C(=O)c3ccc(C(=O)NC(c4ccccc4)c4nccn4C)cc3C2=O)c1. The van der Waals surface area contributed by atoms with Crippen LogP contribution in [0.25, 0.3) is 0 Å². The van der Waals surface area contributed by atoms with Crippen molar-refractivity contribution in [2.24, 2.45) is 7.05 Å². The predicted molar refractivity (Wildman–Crippen MR) is 132 cm³/mol. The fourth-order valence-corrected chi connectivity index (χ4v) is 4.37. The Morgan fingerprint density at radius 1 is 0.914 bits per heavy atom. The van der Waals surface area contributed by atoms with E-state index in [4.69, 9.17) is 0 Å². The molecule has 1 N–H and O–H groups in total. The van der Waals surface area contributed by atoms with E-state index in [1.807, 2.05) is 80.2 Å². The Balaban J connectivity index is 1.47. The lowest BCUT2D eigenvalue weighted by Crippen LogP contribution is -2.31. The fraction of sp³-hybridized carbons (Fsp3) is 0.143. The van der Waals surface area contributed by atoms with Gasteiger partial charge in [0.2, 0.25) is 0 Å². The molecule has 1 aliphatic rings. The van der Waals surface area contributed by atoms with Gasteiger partial charge in [-0.05, 0) is 54.8 Å². The molecule has 0 bridgehead atoms. The van der Waals surface area contributed by atoms with E-state index in [0.29, 0.717) is 17.1 Å². The third kappa shape index (κ3) is 3.91. The van der Waals surface area contributed by atoms with Crippen LogP contribution in [0.15, 0.2) is 79.1 Å². The van der Waals surface area contributed by atoms with E-state index in [2.05, 4.69) is 10.3 Å². The van der Waals surface area contributed by atoms with Gasteiger partial charge in [-0.25, -0.2) is 9.88 Å². The van der Waals surface area contributed by atoms with Gasteiger partial charge in [0.05, 0.1) is 16.8 Å². The number of carbonyl (C=O) groups excluding carboxylic acids is 3. The van der Waals surface area contributed by atoms with Crippen molar-refractivity contribution < 1.29 is 14.4 Å². The first kappa shape index (κ1) is 22.3. The minimum absolute atomic E-state index is 0.219. The lowest BCUT2D eigenvalue weighted by atomic mass is 10.0. The van der Waals surface area contributed by atoms with E-state index in [1.54, 1.807) is 18.3 Å². The van der Waals surface area contributed by atoms with Crippen molar-refractivity contribution >= 4 is 23.4 Å². The van der Waals surface area contributed by atoms with Crippen molar-refractivity contribution in [3.63, 3.8) is 0 Å². The number of aryl methyl sites for hydroxylation is 3. The summed E-state index contributed by atoms with van der Waals surface area (Å²) in [6.45, 7) is 3.77. The molecule has 174 valence electrons. The second-order valence-electron chi connectivity index (χ2n) is 8.71. The van der Waals surface area contributed by atoms with E-state index in [1.165, 1.54) is 11.0 Å². The number of anilines is 1. The summed E-state index contributed by atoms with van der Waals surface area (Å²) >= 11 is 0. The Labute approximate surface area is 203 Å². The topological polar surface area (TPSA) is 84.3 Å². The van der Waals surface area contributed by atoms with Gasteiger partial charge in [0, 0.05) is 25.0 Å². The summed E-state index contributed by atoms with van der Waals surface area (Å²) in [5.41, 5.74) is 4.01. The number of hydrogen-bond acceptors (Lipinski definition) is 4. The number of fused-ring (bicyclic) bond motifs is 1. The van der Waals surface area contributed by atoms with Crippen LogP contribution in [0, 0.1) is 13.8 Å². The van der Waals surface area contributed by atoms with Gasteiger partial charge in [-0.15, -0.1) is 0 Å². The molecular formula is C28H24N4O3. The number of imide groups is 1. The monoisotopic (exact) mass is 464 g/mol. The van der Waals surface area contributed by atoms with Crippen molar-refractivity contribution in [2.75, 3.05) is 4.90 Å². The maximum Gasteiger partial charge on any atom is 0.266 e. The van der Waals surface area contributed by atoms with Crippen LogP contribution in [-0.2, 0) is 7.05 Å². The first-order chi connectivity index (χ1) is 16.8. The quantitative estimate of drug-likeness (QED) is 0.445. The van der Waals surface area contributed by atoms with Crippen LogP contribution in [0.4, 0.5) is 5.69 Å². The normalized spacial score (nSPS) is 13.6. The van der Waals surface area contributed by atoms with Gasteiger partial charge in [-0.1, -0.05) is 42.5 Å². The summed E-state index contributed by atoms with van der Waals surface area (Å²) in [6, 6.07) is 19.3. The van der Waals surface area contributed by atoms with Gasteiger partial charge in [0.1, 0.15) is 11.9 Å². The van der Waals surface area contributed by atoms with Gasteiger partial charge in [0.15, 0.2) is 0 Å². The molecular weight excluding hydrogens is 440 g/mol. The number of nitrogens with one attached hydrogen (secondary N) is 1. The molecule has 1 aromatic heterocycles. The number of rotatable bonds is 5. The maximum atomic E-state index is 13.3. The smallest absolute Gasteiger partial charge is 0.266 e. The van der Waals surface area contributed by atoms with Crippen molar-refractivity contribution in [3.8, 4) is 0 Å². The largest absolute Gasteiger partial charge is 0.338 e. The van der Waals surface area contributed by atoms with E-state index in [9.17, 15) is 14.4 Å². The van der Waals surface area contributed by atoms with Gasteiger partial charge in [-0.3, -0.25) is 14.4 Å². The summed E-state index contributed by atoms with van der Waals surface area (Å²) in [7, 11) is 1.87. The van der Waals surface area contributed by atoms with E-state index in [-0.39, 0.29) is 22.9 Å². The first-order valence-electron chi connectivity index (χ1n) is 11.3. The van der Waals surface area contributed by atoms with Crippen molar-refractivity contribution in [1.82, 2.24) is 14.9 Å². The number of benzene rings is 3. The highest BCUT2D eigenvalue weighted by Crippen LogP contribution is 2.32. The first-order valence-corrected chi connectivity index (χ1v) is 11.3. The minimum Gasteiger partial charge on any atom is -0.338 e. The van der Waals surface area contributed by atoms with E-state index < -0.39 is 11.9 Å². The lowest BCUT2D eigenvalue weighted by molar-refractivity contribution is 0.0922. The predicted octanol–water partition coefficient (Wildman–Crippen LogP) is 4.36. The zero-order valence-corrected chi connectivity index (χ0v) is 19.6. The van der Waals surface area contributed by atoms with E-state index >= 15 is 0 Å². The minimum atomic E-state index is -0.485. The second-order valence-corrected chi connectivity index (χ2v) is 8.71. The third-order valence-electron chi connectivity index (χ3n) is 6.28. The Bertz CT molecular complexity index is 1470. The van der Waals surface area contributed by atoms with Crippen LogP contribution in [0.3, 0.4) is 0 Å². The Morgan fingerprint density at radius 2 is 1.66 bits per heavy atom. The van der Waals surface area contributed by atoms with Crippen LogP contribution in [0.5, 0.6) is 0 Å². The van der Waals surface area contributed by atoms with Crippen molar-refractivity contribution in [2.45, 2.75) is 19.9 Å². The van der Waals surface area contributed by atoms with Crippen LogP contribution in [0.1, 0.15) is 59.6 Å². The number of hydrogen-bond donors (Lipinski definition) is 1. The maximum absolute atomic E-state index is 13.3. The summed E-state index contributed by atoms with van der Waals surface area (Å²) in [6.07, 6.45) is 3.50. The Morgan fingerprint density at radius 3 is 2.37 bits per heavy atom. The molecule has 35 heavy (non-hydrogen) atoms. The molecule has 1 unspecified atom stereocenters. The molecule has 0 saturated heterocycles. The number of nitrogens with zero attached hydrogens (tertiary/aromatic N) is 3. The Kier molecular flexibility index (Phi) is 5.53. The molecule has 3 aromatic carbocycles. The van der Waals surface area contributed by atoms with Crippen LogP contribution in [-0.4, -0.2) is 27.3 Å². The third-order valence-corrected chi connectivity index (χ3v) is 6.28. The van der Waals surface area contributed by atoms with E-state index in [0.717, 1.165) is 16.7 Å². The molecule has 0 spiro atoms. The summed E-state index contributed by atoms with van der Waals surface area (Å²) < 4.78 is 1.85. The highest BCUT2D eigenvalue weighted by atomic mass is 16.2. The second kappa shape index (κ2) is 8.68. The van der Waals surface area contributed by atoms with Crippen LogP contribution in [0.2, 0.25) is 0 Å². The molecule has 0 aliphatic carbocycles. The number of carbonyl (C=O) groups is 3. The molecule has 0 radical (unpaired) electrons. The molecule has 1 atom stereocenters. The average molecular weight is 465 g/mol. The average Bonchev–Trinajstić information content (AvgIpc) is 3.39. The molecule has 3 amide bonds. The highest BCUT2D eigenvalue weighted by Gasteiger charge is 2.38. The van der Waals surface area contributed by atoms with Crippen molar-refractivity contribution in [3.05, 3.63) is 118 Å². The fourth-order valence-electron chi connectivity index (χ4n) is 4.37.